The van der Waals surface area contributed by atoms with Crippen LogP contribution in [0, 0.1) is 47.3 Å². The first-order valence-electron chi connectivity index (χ1n) is 11.0. The molecule has 0 saturated heterocycles. The first-order valence-corrected chi connectivity index (χ1v) is 11.0. The fourth-order valence-corrected chi connectivity index (χ4v) is 6.45. The molecule has 0 aromatic rings. The normalized spacial score (nSPS) is 47.0. The first-order chi connectivity index (χ1) is 11.0. The Morgan fingerprint density at radius 1 is 0.625 bits per heavy atom. The molecular weight excluding hydrogens is 292 g/mol. The van der Waals surface area contributed by atoms with Gasteiger partial charge in [-0.2, -0.15) is 0 Å². The summed E-state index contributed by atoms with van der Waals surface area (Å²) in [5, 5.41) is 0. The number of rotatable bonds is 3. The average Bonchev–Trinajstić information content (AvgIpc) is 2.54. The van der Waals surface area contributed by atoms with Crippen LogP contribution in [0.4, 0.5) is 0 Å². The van der Waals surface area contributed by atoms with E-state index >= 15 is 0 Å². The molecule has 3 rings (SSSR count). The van der Waals surface area contributed by atoms with Crippen molar-refractivity contribution in [2.45, 2.75) is 98.3 Å². The Kier molecular flexibility index (Phi) is 7.65. The summed E-state index contributed by atoms with van der Waals surface area (Å²) in [4.78, 5) is 0. The van der Waals surface area contributed by atoms with Gasteiger partial charge in [0.15, 0.2) is 0 Å². The second-order valence-corrected chi connectivity index (χ2v) is 10.2. The molecule has 0 aliphatic heterocycles. The zero-order chi connectivity index (χ0) is 16.4. The van der Waals surface area contributed by atoms with Crippen molar-refractivity contribution in [3.8, 4) is 0 Å². The molecule has 3 fully saturated rings. The van der Waals surface area contributed by atoms with Gasteiger partial charge in [0.2, 0.25) is 0 Å². The summed E-state index contributed by atoms with van der Waals surface area (Å²) in [5.41, 5.74) is 0. The highest BCUT2D eigenvalue weighted by Crippen LogP contribution is 2.45. The number of hydrogen-bond donors (Lipinski definition) is 0. The summed E-state index contributed by atoms with van der Waals surface area (Å²) in [6.07, 6.45) is 17.0. The minimum Gasteiger partial charge on any atom is -0.412 e. The highest BCUT2D eigenvalue weighted by molar-refractivity contribution is 4.85. The highest BCUT2D eigenvalue weighted by atomic mass is 16.0. The van der Waals surface area contributed by atoms with Gasteiger partial charge in [0.05, 0.1) is 0 Å². The van der Waals surface area contributed by atoms with Crippen molar-refractivity contribution in [2.75, 3.05) is 0 Å². The van der Waals surface area contributed by atoms with E-state index in [-0.39, 0.29) is 8.33 Å². The van der Waals surface area contributed by atoms with E-state index in [1.807, 2.05) is 0 Å². The predicted octanol–water partition coefficient (Wildman–Crippen LogP) is 6.99. The molecule has 2 N–H and O–H groups in total. The minimum atomic E-state index is 0. The topological polar surface area (TPSA) is 31.5 Å². The van der Waals surface area contributed by atoms with Gasteiger partial charge in [-0.05, 0) is 92.3 Å². The monoisotopic (exact) mass is 340 g/mol. The fourth-order valence-electron chi connectivity index (χ4n) is 6.45. The Bertz CT molecular complexity index is 347. The third-order valence-electron chi connectivity index (χ3n) is 8.49. The Morgan fingerprint density at radius 2 is 1.08 bits per heavy atom. The van der Waals surface area contributed by atoms with Gasteiger partial charge < -0.3 is 5.48 Å². The van der Waals surface area contributed by atoms with Gasteiger partial charge in [-0.15, -0.1) is 0 Å². The van der Waals surface area contributed by atoms with E-state index < -0.39 is 0 Å². The van der Waals surface area contributed by atoms with Crippen LogP contribution in [0.3, 0.4) is 0 Å². The Hall–Kier alpha value is -0.0400. The van der Waals surface area contributed by atoms with Gasteiger partial charge in [0, 0.05) is 2.85 Å². The second kappa shape index (κ2) is 9.06. The standard InChI is InChI=1S/C23H42.H2O.2H2/c1-16-5-9-22(10-6-16)23-11-7-20(8-12-23)15-21-13-17(2)19(4)18(3)14-21;;;/h16-23H,5-15H2,1-4H3;1H2;2*1H. The van der Waals surface area contributed by atoms with Crippen molar-refractivity contribution in [3.05, 3.63) is 0 Å². The van der Waals surface area contributed by atoms with E-state index in [2.05, 4.69) is 27.7 Å². The van der Waals surface area contributed by atoms with Gasteiger partial charge in [-0.1, -0.05) is 53.4 Å². The zero-order valence-corrected chi connectivity index (χ0v) is 16.9. The van der Waals surface area contributed by atoms with Crippen molar-refractivity contribution < 1.29 is 8.33 Å². The van der Waals surface area contributed by atoms with Crippen molar-refractivity contribution in [1.29, 1.82) is 0 Å². The van der Waals surface area contributed by atoms with Crippen LogP contribution in [0.1, 0.15) is 101 Å². The predicted molar refractivity (Wildman–Crippen MR) is 109 cm³/mol. The van der Waals surface area contributed by atoms with Crippen LogP contribution in [0.25, 0.3) is 0 Å². The first kappa shape index (κ1) is 20.3. The molecule has 0 amide bonds. The van der Waals surface area contributed by atoms with Crippen LogP contribution in [0.15, 0.2) is 0 Å². The Balaban J connectivity index is 0.00000208. The van der Waals surface area contributed by atoms with Crippen LogP contribution in [0.2, 0.25) is 0 Å². The molecule has 3 aliphatic carbocycles. The summed E-state index contributed by atoms with van der Waals surface area (Å²) in [6.45, 7) is 9.96. The maximum atomic E-state index is 2.51. The third-order valence-corrected chi connectivity index (χ3v) is 8.49. The third kappa shape index (κ3) is 4.99. The van der Waals surface area contributed by atoms with Gasteiger partial charge in [0.1, 0.15) is 0 Å². The Morgan fingerprint density at radius 3 is 1.58 bits per heavy atom. The van der Waals surface area contributed by atoms with Gasteiger partial charge in [-0.3, -0.25) is 0 Å². The lowest BCUT2D eigenvalue weighted by Crippen LogP contribution is -2.30. The molecule has 0 spiro atoms. The molecule has 1 nitrogen and oxygen atoms in total. The average molecular weight is 341 g/mol. The molecule has 24 heavy (non-hydrogen) atoms. The molecule has 2 unspecified atom stereocenters. The maximum absolute atomic E-state index is 2.51. The lowest BCUT2D eigenvalue weighted by atomic mass is 9.65. The second-order valence-electron chi connectivity index (χ2n) is 10.2. The molecule has 3 aliphatic rings. The summed E-state index contributed by atoms with van der Waals surface area (Å²) >= 11 is 0. The van der Waals surface area contributed by atoms with E-state index in [1.165, 1.54) is 25.7 Å². The fraction of sp³-hybridized carbons (Fsp3) is 1.00. The van der Waals surface area contributed by atoms with Crippen LogP contribution in [-0.4, -0.2) is 5.48 Å². The SMILES string of the molecule is CC1CCC(C2CCC(CC3CC(C)C(C)C(C)C3)CC2)CC1.O.[HH].[HH]. The van der Waals surface area contributed by atoms with E-state index in [4.69, 9.17) is 0 Å². The molecule has 0 aromatic heterocycles. The van der Waals surface area contributed by atoms with E-state index in [0.717, 1.165) is 47.3 Å². The van der Waals surface area contributed by atoms with E-state index in [1.54, 1.807) is 44.9 Å². The minimum absolute atomic E-state index is 0. The molecular formula is C23H48O. The molecule has 2 atom stereocenters. The van der Waals surface area contributed by atoms with E-state index in [0.29, 0.717) is 0 Å². The molecule has 0 bridgehead atoms. The number of hydrogen-bond acceptors (Lipinski definition) is 0. The summed E-state index contributed by atoms with van der Waals surface area (Å²) < 4.78 is 0. The molecule has 0 radical (unpaired) electrons. The quantitative estimate of drug-likeness (QED) is 0.530. The van der Waals surface area contributed by atoms with Crippen molar-refractivity contribution in [3.63, 3.8) is 0 Å². The molecule has 0 heterocycles. The summed E-state index contributed by atoms with van der Waals surface area (Å²) in [5.74, 6) is 8.22. The lowest BCUT2D eigenvalue weighted by Gasteiger charge is -2.41. The molecule has 1 heteroatoms. The van der Waals surface area contributed by atoms with Crippen LogP contribution in [0.5, 0.6) is 0 Å². The van der Waals surface area contributed by atoms with Crippen LogP contribution >= 0.6 is 0 Å². The highest BCUT2D eigenvalue weighted by Gasteiger charge is 2.34. The Labute approximate surface area is 154 Å². The van der Waals surface area contributed by atoms with Crippen molar-refractivity contribution in [1.82, 2.24) is 0 Å². The van der Waals surface area contributed by atoms with Crippen molar-refractivity contribution >= 4 is 0 Å². The molecule has 146 valence electrons. The summed E-state index contributed by atoms with van der Waals surface area (Å²) in [6, 6.07) is 0. The maximum Gasteiger partial charge on any atom is 0 e. The zero-order valence-electron chi connectivity index (χ0n) is 16.9. The smallest absolute Gasteiger partial charge is 0 e. The largest absolute Gasteiger partial charge is 0.412 e. The molecule has 3 saturated carbocycles. The lowest BCUT2D eigenvalue weighted by molar-refractivity contribution is 0.100. The van der Waals surface area contributed by atoms with Gasteiger partial charge >= 0.3 is 0 Å². The van der Waals surface area contributed by atoms with Gasteiger partial charge in [0.25, 0.3) is 0 Å². The van der Waals surface area contributed by atoms with Crippen LogP contribution in [-0.2, 0) is 0 Å². The summed E-state index contributed by atoms with van der Waals surface area (Å²) in [7, 11) is 0. The van der Waals surface area contributed by atoms with Crippen molar-refractivity contribution in [2.24, 2.45) is 47.3 Å². The van der Waals surface area contributed by atoms with Crippen LogP contribution < -0.4 is 0 Å². The van der Waals surface area contributed by atoms with Gasteiger partial charge in [-0.25, -0.2) is 0 Å². The van der Waals surface area contributed by atoms with E-state index in [9.17, 15) is 0 Å². The molecule has 0 aromatic carbocycles.